The summed E-state index contributed by atoms with van der Waals surface area (Å²) in [7, 11) is 1.93. The maximum atomic E-state index is 8.87. The van der Waals surface area contributed by atoms with Gasteiger partial charge in [-0.05, 0) is 23.8 Å². The van der Waals surface area contributed by atoms with Crippen molar-refractivity contribution in [3.8, 4) is 12.1 Å². The van der Waals surface area contributed by atoms with Crippen molar-refractivity contribution in [3.05, 3.63) is 35.4 Å². The Labute approximate surface area is 118 Å². The van der Waals surface area contributed by atoms with Gasteiger partial charge in [0.1, 0.15) is 11.1 Å². The largest absolute Gasteiger partial charge is 0.389 e. The maximum Gasteiger partial charge on any atom is 0.114 e. The standard InChI is InChI=1S/C14H14N4S/c1-18(8-2-7-15)13-5-3-11(4-6-13)9-12(10-16)14(17)19/h3-6,9H,2,8H2,1H3,(H2,17,19)/b12-9+. The Balaban J connectivity index is 2.86. The van der Waals surface area contributed by atoms with Crippen molar-refractivity contribution < 1.29 is 0 Å². The Morgan fingerprint density at radius 2 is 2.00 bits per heavy atom. The van der Waals surface area contributed by atoms with Crippen LogP contribution in [0.1, 0.15) is 12.0 Å². The monoisotopic (exact) mass is 270 g/mol. The van der Waals surface area contributed by atoms with Gasteiger partial charge in [-0.25, -0.2) is 0 Å². The number of benzene rings is 1. The van der Waals surface area contributed by atoms with Crippen molar-refractivity contribution in [3.63, 3.8) is 0 Å². The molecule has 0 saturated heterocycles. The fraction of sp³-hybridized carbons (Fsp3) is 0.214. The molecule has 0 aliphatic rings. The van der Waals surface area contributed by atoms with Crippen LogP contribution in [0, 0.1) is 22.7 Å². The molecule has 19 heavy (non-hydrogen) atoms. The van der Waals surface area contributed by atoms with E-state index in [4.69, 9.17) is 28.5 Å². The van der Waals surface area contributed by atoms with E-state index in [-0.39, 0.29) is 4.99 Å². The highest BCUT2D eigenvalue weighted by atomic mass is 32.1. The molecule has 2 N–H and O–H groups in total. The van der Waals surface area contributed by atoms with E-state index in [0.717, 1.165) is 11.3 Å². The predicted octanol–water partition coefficient (Wildman–Crippen LogP) is 2.23. The van der Waals surface area contributed by atoms with Crippen molar-refractivity contribution >= 4 is 29.0 Å². The maximum absolute atomic E-state index is 8.87. The first kappa shape index (κ1) is 14.7. The molecule has 0 bridgehead atoms. The van der Waals surface area contributed by atoms with Crippen molar-refractivity contribution in [1.29, 1.82) is 10.5 Å². The first-order valence-corrected chi connectivity index (χ1v) is 6.09. The van der Waals surface area contributed by atoms with Crippen LogP contribution in [-0.4, -0.2) is 18.6 Å². The summed E-state index contributed by atoms with van der Waals surface area (Å²) >= 11 is 4.78. The third kappa shape index (κ3) is 4.42. The second-order valence-corrected chi connectivity index (χ2v) is 4.40. The SMILES string of the molecule is CN(CCC#N)c1ccc(/C=C(\C#N)C(N)=S)cc1. The van der Waals surface area contributed by atoms with E-state index >= 15 is 0 Å². The molecule has 0 aliphatic carbocycles. The number of thiocarbonyl (C=S) groups is 1. The third-order valence-corrected chi connectivity index (χ3v) is 2.81. The zero-order valence-electron chi connectivity index (χ0n) is 10.6. The summed E-state index contributed by atoms with van der Waals surface area (Å²) in [6, 6.07) is 11.7. The summed E-state index contributed by atoms with van der Waals surface area (Å²) in [6.45, 7) is 0.683. The van der Waals surface area contributed by atoms with Gasteiger partial charge in [0.25, 0.3) is 0 Å². The molecule has 4 nitrogen and oxygen atoms in total. The highest BCUT2D eigenvalue weighted by Crippen LogP contribution is 2.16. The van der Waals surface area contributed by atoms with Gasteiger partial charge in [-0.1, -0.05) is 24.4 Å². The van der Waals surface area contributed by atoms with Gasteiger partial charge in [0.2, 0.25) is 0 Å². The van der Waals surface area contributed by atoms with E-state index in [1.165, 1.54) is 0 Å². The second kappa shape index (κ2) is 7.15. The van der Waals surface area contributed by atoms with Crippen LogP contribution in [0.2, 0.25) is 0 Å². The lowest BCUT2D eigenvalue weighted by Gasteiger charge is -2.17. The summed E-state index contributed by atoms with van der Waals surface area (Å²) in [6.07, 6.45) is 2.14. The predicted molar refractivity (Wildman–Crippen MR) is 80.3 cm³/mol. The lowest BCUT2D eigenvalue weighted by Crippen LogP contribution is -2.17. The van der Waals surface area contributed by atoms with Gasteiger partial charge >= 0.3 is 0 Å². The van der Waals surface area contributed by atoms with Crippen LogP contribution in [-0.2, 0) is 0 Å². The number of anilines is 1. The van der Waals surface area contributed by atoms with E-state index in [1.807, 2.05) is 42.3 Å². The second-order valence-electron chi connectivity index (χ2n) is 3.96. The van der Waals surface area contributed by atoms with Crippen molar-refractivity contribution in [2.24, 2.45) is 5.73 Å². The van der Waals surface area contributed by atoms with E-state index in [1.54, 1.807) is 6.08 Å². The fourth-order valence-corrected chi connectivity index (χ4v) is 1.60. The Kier molecular flexibility index (Phi) is 5.53. The van der Waals surface area contributed by atoms with Crippen LogP contribution in [0.4, 0.5) is 5.69 Å². The van der Waals surface area contributed by atoms with Crippen LogP contribution < -0.4 is 10.6 Å². The van der Waals surface area contributed by atoms with Crippen molar-refractivity contribution in [1.82, 2.24) is 0 Å². The van der Waals surface area contributed by atoms with Crippen LogP contribution in [0.15, 0.2) is 29.8 Å². The fourth-order valence-electron chi connectivity index (χ4n) is 1.50. The lowest BCUT2D eigenvalue weighted by atomic mass is 10.1. The highest BCUT2D eigenvalue weighted by molar-refractivity contribution is 7.80. The number of hydrogen-bond donors (Lipinski definition) is 1. The molecule has 0 aliphatic heterocycles. The molecule has 0 fully saturated rings. The molecule has 96 valence electrons. The van der Waals surface area contributed by atoms with Gasteiger partial charge in [-0.3, -0.25) is 0 Å². The van der Waals surface area contributed by atoms with E-state index < -0.39 is 0 Å². The van der Waals surface area contributed by atoms with Gasteiger partial charge in [0.15, 0.2) is 0 Å². The first-order valence-electron chi connectivity index (χ1n) is 5.68. The summed E-state index contributed by atoms with van der Waals surface area (Å²) in [5, 5.41) is 17.4. The molecule has 5 heteroatoms. The minimum Gasteiger partial charge on any atom is -0.389 e. The van der Waals surface area contributed by atoms with Gasteiger partial charge in [0.05, 0.1) is 18.1 Å². The molecule has 0 heterocycles. The Morgan fingerprint density at radius 3 is 2.47 bits per heavy atom. The average Bonchev–Trinajstić information content (AvgIpc) is 2.42. The lowest BCUT2D eigenvalue weighted by molar-refractivity contribution is 0.905. The van der Waals surface area contributed by atoms with Crippen molar-refractivity contribution in [2.75, 3.05) is 18.5 Å². The Morgan fingerprint density at radius 1 is 1.37 bits per heavy atom. The molecular formula is C14H14N4S. The number of hydrogen-bond acceptors (Lipinski definition) is 4. The zero-order valence-corrected chi connectivity index (χ0v) is 11.4. The van der Waals surface area contributed by atoms with Crippen LogP contribution >= 0.6 is 12.2 Å². The average molecular weight is 270 g/mol. The molecule has 0 amide bonds. The van der Waals surface area contributed by atoms with Gasteiger partial charge in [0, 0.05) is 19.3 Å². The summed E-state index contributed by atoms with van der Waals surface area (Å²) in [5.41, 5.74) is 7.60. The smallest absolute Gasteiger partial charge is 0.114 e. The van der Waals surface area contributed by atoms with E-state index in [0.29, 0.717) is 18.5 Å². The number of nitriles is 2. The Hall–Kier alpha value is -2.37. The van der Waals surface area contributed by atoms with Crippen LogP contribution in [0.25, 0.3) is 6.08 Å². The van der Waals surface area contributed by atoms with Gasteiger partial charge < -0.3 is 10.6 Å². The minimum absolute atomic E-state index is 0.0951. The van der Waals surface area contributed by atoms with E-state index in [9.17, 15) is 0 Å². The normalized spacial score (nSPS) is 10.4. The molecular weight excluding hydrogens is 256 g/mol. The molecule has 0 aromatic heterocycles. The van der Waals surface area contributed by atoms with E-state index in [2.05, 4.69) is 6.07 Å². The van der Waals surface area contributed by atoms with Crippen LogP contribution in [0.3, 0.4) is 0 Å². The molecule has 0 unspecified atom stereocenters. The topological polar surface area (TPSA) is 76.8 Å². The van der Waals surface area contributed by atoms with Crippen molar-refractivity contribution in [2.45, 2.75) is 6.42 Å². The third-order valence-electron chi connectivity index (χ3n) is 2.59. The number of nitrogens with two attached hydrogens (primary N) is 1. The van der Waals surface area contributed by atoms with Crippen LogP contribution in [0.5, 0.6) is 0 Å². The number of nitrogens with zero attached hydrogens (tertiary/aromatic N) is 3. The van der Waals surface area contributed by atoms with Gasteiger partial charge in [-0.15, -0.1) is 0 Å². The highest BCUT2D eigenvalue weighted by Gasteiger charge is 2.02. The summed E-state index contributed by atoms with van der Waals surface area (Å²) in [5.74, 6) is 0. The molecule has 1 aromatic rings. The molecule has 0 saturated carbocycles. The number of rotatable bonds is 5. The quantitative estimate of drug-likeness (QED) is 0.504. The molecule has 0 atom stereocenters. The summed E-state index contributed by atoms with van der Waals surface area (Å²) < 4.78 is 0. The molecule has 0 radical (unpaired) electrons. The molecule has 1 rings (SSSR count). The molecule has 0 spiro atoms. The zero-order chi connectivity index (χ0) is 14.3. The summed E-state index contributed by atoms with van der Waals surface area (Å²) in [4.78, 5) is 2.09. The Bertz CT molecular complexity index is 561. The first-order chi connectivity index (χ1) is 9.08. The van der Waals surface area contributed by atoms with Gasteiger partial charge in [-0.2, -0.15) is 10.5 Å². The molecule has 1 aromatic carbocycles. The minimum atomic E-state index is 0.0951.